The summed E-state index contributed by atoms with van der Waals surface area (Å²) >= 11 is 0. The SMILES string of the molecule is O=S1(=O)N(Cc2ccccc2/C=C/c2ccccc2)C[C@H](O)[C@@H](O)CN1Cc1ccccc1CCc1ccccc1. The average Bonchev–Trinajstić information content (AvgIpc) is 3.07. The molecule has 0 amide bonds. The highest BCUT2D eigenvalue weighted by molar-refractivity contribution is 7.86. The van der Waals surface area contributed by atoms with E-state index in [0.29, 0.717) is 0 Å². The number of nitrogens with zero attached hydrogens (tertiary/aromatic N) is 2. The summed E-state index contributed by atoms with van der Waals surface area (Å²) in [5.74, 6) is 0. The Kier molecular flexibility index (Phi) is 9.44. The Bertz CT molecular complexity index is 1560. The molecular formula is C34H36N2O4S. The van der Waals surface area contributed by atoms with Crippen LogP contribution in [-0.4, -0.2) is 52.5 Å². The molecule has 1 heterocycles. The minimum Gasteiger partial charge on any atom is -0.389 e. The third-order valence-electron chi connectivity index (χ3n) is 7.53. The van der Waals surface area contributed by atoms with Crippen molar-refractivity contribution in [2.75, 3.05) is 13.1 Å². The molecule has 0 unspecified atom stereocenters. The second-order valence-corrected chi connectivity index (χ2v) is 12.4. The summed E-state index contributed by atoms with van der Waals surface area (Å²) in [6.07, 6.45) is 3.18. The molecule has 1 saturated heterocycles. The van der Waals surface area contributed by atoms with Gasteiger partial charge in [-0.15, -0.1) is 0 Å². The van der Waals surface area contributed by atoms with Gasteiger partial charge in [0.2, 0.25) is 0 Å². The summed E-state index contributed by atoms with van der Waals surface area (Å²) in [5.41, 5.74) is 5.92. The van der Waals surface area contributed by atoms with Crippen LogP contribution in [0.4, 0.5) is 0 Å². The van der Waals surface area contributed by atoms with Gasteiger partial charge in [0.15, 0.2) is 0 Å². The van der Waals surface area contributed by atoms with Crippen LogP contribution in [0, 0.1) is 0 Å². The molecule has 1 aliphatic rings. The molecule has 6 nitrogen and oxygen atoms in total. The van der Waals surface area contributed by atoms with Crippen LogP contribution in [0.25, 0.3) is 12.2 Å². The van der Waals surface area contributed by atoms with E-state index in [2.05, 4.69) is 12.1 Å². The Hall–Kier alpha value is -3.59. The Morgan fingerprint density at radius 3 is 1.78 bits per heavy atom. The number of aliphatic hydroxyl groups excluding tert-OH is 2. The highest BCUT2D eigenvalue weighted by atomic mass is 32.2. The molecule has 7 heteroatoms. The summed E-state index contributed by atoms with van der Waals surface area (Å²) in [6.45, 7) is -0.175. The smallest absolute Gasteiger partial charge is 0.282 e. The number of rotatable bonds is 9. The molecule has 0 aliphatic carbocycles. The van der Waals surface area contributed by atoms with Gasteiger partial charge in [0, 0.05) is 26.2 Å². The molecule has 0 radical (unpaired) electrons. The van der Waals surface area contributed by atoms with Crippen molar-refractivity contribution in [2.45, 2.75) is 38.1 Å². The summed E-state index contributed by atoms with van der Waals surface area (Å²) in [5, 5.41) is 21.4. The van der Waals surface area contributed by atoms with E-state index in [-0.39, 0.29) is 26.2 Å². The van der Waals surface area contributed by atoms with Gasteiger partial charge in [-0.2, -0.15) is 17.0 Å². The van der Waals surface area contributed by atoms with Gasteiger partial charge in [-0.3, -0.25) is 0 Å². The Morgan fingerprint density at radius 2 is 1.12 bits per heavy atom. The van der Waals surface area contributed by atoms with E-state index in [1.807, 2.05) is 109 Å². The van der Waals surface area contributed by atoms with E-state index in [1.54, 1.807) is 0 Å². The van der Waals surface area contributed by atoms with E-state index in [0.717, 1.165) is 40.7 Å². The lowest BCUT2D eigenvalue weighted by Crippen LogP contribution is -2.42. The van der Waals surface area contributed by atoms with Crippen molar-refractivity contribution in [3.8, 4) is 0 Å². The van der Waals surface area contributed by atoms with Gasteiger partial charge in [0.25, 0.3) is 10.2 Å². The van der Waals surface area contributed by atoms with Gasteiger partial charge in [-0.05, 0) is 46.2 Å². The van der Waals surface area contributed by atoms with Crippen molar-refractivity contribution in [1.82, 2.24) is 8.61 Å². The fourth-order valence-corrected chi connectivity index (χ4v) is 6.77. The Morgan fingerprint density at radius 1 is 0.610 bits per heavy atom. The van der Waals surface area contributed by atoms with Crippen molar-refractivity contribution >= 4 is 22.4 Å². The summed E-state index contributed by atoms with van der Waals surface area (Å²) in [4.78, 5) is 0. The van der Waals surface area contributed by atoms with Gasteiger partial charge >= 0.3 is 0 Å². The summed E-state index contributed by atoms with van der Waals surface area (Å²) in [7, 11) is -4.01. The van der Waals surface area contributed by atoms with Crippen molar-refractivity contribution in [1.29, 1.82) is 0 Å². The van der Waals surface area contributed by atoms with Crippen molar-refractivity contribution < 1.29 is 18.6 Å². The van der Waals surface area contributed by atoms with Crippen LogP contribution in [0.1, 0.15) is 33.4 Å². The number of β-amino-alcohol motifs (C(OH)–C–C–N with tert-alkyl or cyclic N) is 2. The monoisotopic (exact) mass is 568 g/mol. The first-order chi connectivity index (χ1) is 19.9. The Labute approximate surface area is 243 Å². The van der Waals surface area contributed by atoms with Crippen LogP contribution >= 0.6 is 0 Å². The molecule has 212 valence electrons. The van der Waals surface area contributed by atoms with E-state index in [9.17, 15) is 18.6 Å². The topological polar surface area (TPSA) is 81.1 Å². The fraction of sp³-hybridized carbons (Fsp3) is 0.235. The lowest BCUT2D eigenvalue weighted by atomic mass is 9.99. The maximum Gasteiger partial charge on any atom is 0.282 e. The molecule has 4 aromatic carbocycles. The average molecular weight is 569 g/mol. The van der Waals surface area contributed by atoms with Crippen LogP contribution in [-0.2, 0) is 36.1 Å². The fourth-order valence-electron chi connectivity index (χ4n) is 5.15. The Balaban J connectivity index is 1.39. The quantitative estimate of drug-likeness (QED) is 0.281. The highest BCUT2D eigenvalue weighted by Gasteiger charge is 2.39. The van der Waals surface area contributed by atoms with Crippen LogP contribution in [0.5, 0.6) is 0 Å². The standard InChI is InChI=1S/C34H36N2O4S/c37-33-25-35(23-31-17-9-7-15-29(31)21-19-27-11-3-1-4-12-27)41(39,40)36(26-34(33)38)24-32-18-10-8-16-30(32)22-20-28-13-5-2-6-14-28/h1-19,21,33-34,37-38H,20,22-26H2/b21-19+/t33-,34-/m0/s1. The van der Waals surface area contributed by atoms with Gasteiger partial charge in [0.1, 0.15) is 0 Å². The first-order valence-corrected chi connectivity index (χ1v) is 15.3. The molecule has 5 rings (SSSR count). The van der Waals surface area contributed by atoms with Crippen LogP contribution in [0.2, 0.25) is 0 Å². The van der Waals surface area contributed by atoms with Gasteiger partial charge in [-0.1, -0.05) is 121 Å². The number of aliphatic hydroxyl groups is 2. The molecule has 0 spiro atoms. The van der Waals surface area contributed by atoms with Crippen molar-refractivity contribution in [2.24, 2.45) is 0 Å². The van der Waals surface area contributed by atoms with Crippen LogP contribution in [0.15, 0.2) is 109 Å². The highest BCUT2D eigenvalue weighted by Crippen LogP contribution is 2.25. The molecule has 2 N–H and O–H groups in total. The molecule has 2 atom stereocenters. The molecule has 1 aliphatic heterocycles. The number of hydrogen-bond donors (Lipinski definition) is 2. The van der Waals surface area contributed by atoms with Crippen molar-refractivity contribution in [3.63, 3.8) is 0 Å². The lowest BCUT2D eigenvalue weighted by Gasteiger charge is -2.28. The normalized spacial score (nSPS) is 19.8. The third kappa shape index (κ3) is 7.38. The zero-order valence-electron chi connectivity index (χ0n) is 23.0. The summed E-state index contributed by atoms with van der Waals surface area (Å²) < 4.78 is 30.6. The largest absolute Gasteiger partial charge is 0.389 e. The summed E-state index contributed by atoms with van der Waals surface area (Å²) in [6, 6.07) is 35.6. The second kappa shape index (κ2) is 13.4. The predicted molar refractivity (Wildman–Crippen MR) is 164 cm³/mol. The molecule has 41 heavy (non-hydrogen) atoms. The minimum atomic E-state index is -4.01. The van der Waals surface area contributed by atoms with Gasteiger partial charge in [0.05, 0.1) is 12.2 Å². The molecule has 1 fully saturated rings. The maximum atomic E-state index is 14.0. The van der Waals surface area contributed by atoms with Gasteiger partial charge in [-0.25, -0.2) is 0 Å². The maximum absolute atomic E-state index is 14.0. The van der Waals surface area contributed by atoms with Gasteiger partial charge < -0.3 is 10.2 Å². The first kappa shape index (κ1) is 28.9. The van der Waals surface area contributed by atoms with E-state index in [4.69, 9.17) is 0 Å². The van der Waals surface area contributed by atoms with Crippen LogP contribution < -0.4 is 0 Å². The van der Waals surface area contributed by atoms with Crippen LogP contribution in [0.3, 0.4) is 0 Å². The predicted octanol–water partition coefficient (Wildman–Crippen LogP) is 4.93. The second-order valence-electron chi connectivity index (χ2n) is 10.4. The molecule has 4 aromatic rings. The number of benzene rings is 4. The van der Waals surface area contributed by atoms with E-state index < -0.39 is 22.4 Å². The first-order valence-electron chi connectivity index (χ1n) is 13.9. The van der Waals surface area contributed by atoms with Crippen molar-refractivity contribution in [3.05, 3.63) is 143 Å². The molecule has 0 aromatic heterocycles. The van der Waals surface area contributed by atoms with E-state index >= 15 is 0 Å². The zero-order valence-corrected chi connectivity index (χ0v) is 23.8. The lowest BCUT2D eigenvalue weighted by molar-refractivity contribution is 0.00887. The number of hydrogen-bond acceptors (Lipinski definition) is 4. The third-order valence-corrected chi connectivity index (χ3v) is 9.39. The molecule has 0 saturated carbocycles. The van der Waals surface area contributed by atoms with E-state index in [1.165, 1.54) is 14.2 Å². The number of aryl methyl sites for hydroxylation is 2. The molecule has 0 bridgehead atoms. The zero-order chi connectivity index (χ0) is 28.7. The molecular weight excluding hydrogens is 532 g/mol. The minimum absolute atomic E-state index is 0.0770.